The van der Waals surface area contributed by atoms with Crippen molar-refractivity contribution in [2.75, 3.05) is 0 Å². The van der Waals surface area contributed by atoms with Gasteiger partial charge < -0.3 is 21.3 Å². The molecule has 1 aromatic rings. The van der Waals surface area contributed by atoms with E-state index in [1.165, 1.54) is 18.2 Å². The summed E-state index contributed by atoms with van der Waals surface area (Å²) in [7, 11) is 0. The van der Waals surface area contributed by atoms with Crippen LogP contribution in [0.5, 0.6) is 11.5 Å². The van der Waals surface area contributed by atoms with Gasteiger partial charge in [0, 0.05) is 22.9 Å². The zero-order valence-electron chi connectivity index (χ0n) is 12.3. The molecule has 1 amide bonds. The second-order valence-corrected chi connectivity index (χ2v) is 6.73. The van der Waals surface area contributed by atoms with Crippen molar-refractivity contribution in [2.24, 2.45) is 16.6 Å². The molecule has 1 aromatic carbocycles. The first kappa shape index (κ1) is 14.7. The van der Waals surface area contributed by atoms with E-state index >= 15 is 0 Å². The number of phenols is 2. The molecule has 5 N–H and O–H groups in total. The van der Waals surface area contributed by atoms with Gasteiger partial charge in [-0.25, -0.2) is 0 Å². The maximum atomic E-state index is 12.3. The minimum atomic E-state index is -0.406. The largest absolute Gasteiger partial charge is 0.508 e. The highest BCUT2D eigenvalue weighted by molar-refractivity contribution is 5.97. The fourth-order valence-corrected chi connectivity index (χ4v) is 3.47. The number of nitrogens with two attached hydrogens (primary N) is 1. The predicted octanol–water partition coefficient (Wildman–Crippen LogP) is 1.59. The molecule has 0 spiro atoms. The standard InChI is InChI=1S/C15H22N2O3/c1-14(2)12(16)15(3,4)13(14)17-11(20)9-7-8(18)5-6-10(9)19/h5-7,12-13,18-19H,16H2,1-4H3,(H,17,20). The Balaban J connectivity index is 2.22. The average Bonchev–Trinajstić information content (AvgIpc) is 2.37. The molecule has 2 rings (SSSR count). The molecule has 0 heterocycles. The Morgan fingerprint density at radius 3 is 2.30 bits per heavy atom. The number of aromatic hydroxyl groups is 2. The van der Waals surface area contributed by atoms with Gasteiger partial charge in [-0.15, -0.1) is 0 Å². The highest BCUT2D eigenvalue weighted by Gasteiger charge is 2.60. The van der Waals surface area contributed by atoms with Crippen molar-refractivity contribution in [1.82, 2.24) is 5.32 Å². The number of rotatable bonds is 2. The third-order valence-corrected chi connectivity index (χ3v) is 4.59. The average molecular weight is 278 g/mol. The molecule has 1 fully saturated rings. The zero-order valence-corrected chi connectivity index (χ0v) is 12.3. The lowest BCUT2D eigenvalue weighted by Crippen LogP contribution is -2.76. The molecule has 5 nitrogen and oxygen atoms in total. The fraction of sp³-hybridized carbons (Fsp3) is 0.533. The summed E-state index contributed by atoms with van der Waals surface area (Å²) in [6.45, 7) is 8.04. The molecule has 0 bridgehead atoms. The second kappa shape index (κ2) is 4.38. The summed E-state index contributed by atoms with van der Waals surface area (Å²) in [6, 6.07) is 3.77. The number of carbonyl (C=O) groups excluding carboxylic acids is 1. The van der Waals surface area contributed by atoms with E-state index in [2.05, 4.69) is 5.32 Å². The monoisotopic (exact) mass is 278 g/mol. The number of hydrogen-bond acceptors (Lipinski definition) is 4. The minimum Gasteiger partial charge on any atom is -0.508 e. The van der Waals surface area contributed by atoms with Crippen LogP contribution >= 0.6 is 0 Å². The topological polar surface area (TPSA) is 95.6 Å². The van der Waals surface area contributed by atoms with Crippen LogP contribution in [0.25, 0.3) is 0 Å². The number of carbonyl (C=O) groups is 1. The van der Waals surface area contributed by atoms with Gasteiger partial charge in [0.2, 0.25) is 0 Å². The Morgan fingerprint density at radius 1 is 1.20 bits per heavy atom. The Hall–Kier alpha value is -1.75. The maximum absolute atomic E-state index is 12.3. The summed E-state index contributed by atoms with van der Waals surface area (Å²) in [5.74, 6) is -0.618. The molecule has 0 saturated heterocycles. The van der Waals surface area contributed by atoms with Crippen LogP contribution in [-0.2, 0) is 0 Å². The van der Waals surface area contributed by atoms with Crippen molar-refractivity contribution in [3.05, 3.63) is 23.8 Å². The SMILES string of the molecule is CC1(C)C(N)C(C)(C)C1NC(=O)c1cc(O)ccc1O. The quantitative estimate of drug-likeness (QED) is 0.618. The molecule has 0 unspecified atom stereocenters. The van der Waals surface area contributed by atoms with E-state index in [0.29, 0.717) is 0 Å². The van der Waals surface area contributed by atoms with E-state index in [1.807, 2.05) is 27.7 Å². The maximum Gasteiger partial charge on any atom is 0.255 e. The van der Waals surface area contributed by atoms with Gasteiger partial charge in [0.25, 0.3) is 5.91 Å². The van der Waals surface area contributed by atoms with Crippen LogP contribution in [0.2, 0.25) is 0 Å². The van der Waals surface area contributed by atoms with Crippen LogP contribution < -0.4 is 11.1 Å². The lowest BCUT2D eigenvalue weighted by Gasteiger charge is -2.62. The van der Waals surface area contributed by atoms with Crippen LogP contribution in [0, 0.1) is 10.8 Å². The summed E-state index contributed by atoms with van der Waals surface area (Å²) in [5, 5.41) is 22.1. The molecule has 0 aromatic heterocycles. The van der Waals surface area contributed by atoms with Crippen molar-refractivity contribution in [3.63, 3.8) is 0 Å². The second-order valence-electron chi connectivity index (χ2n) is 6.73. The van der Waals surface area contributed by atoms with Gasteiger partial charge in [0.15, 0.2) is 0 Å². The van der Waals surface area contributed by atoms with Gasteiger partial charge in [0.05, 0.1) is 5.56 Å². The number of amides is 1. The third kappa shape index (κ3) is 2.02. The zero-order chi connectivity index (χ0) is 15.3. The molecule has 110 valence electrons. The van der Waals surface area contributed by atoms with E-state index in [4.69, 9.17) is 5.73 Å². The van der Waals surface area contributed by atoms with Crippen LogP contribution in [0.15, 0.2) is 18.2 Å². The summed E-state index contributed by atoms with van der Waals surface area (Å²) in [5.41, 5.74) is 5.79. The van der Waals surface area contributed by atoms with Gasteiger partial charge in [0.1, 0.15) is 11.5 Å². The third-order valence-electron chi connectivity index (χ3n) is 4.59. The number of hydrogen-bond donors (Lipinski definition) is 4. The highest BCUT2D eigenvalue weighted by Crippen LogP contribution is 2.52. The molecular formula is C15H22N2O3. The fourth-order valence-electron chi connectivity index (χ4n) is 3.47. The Kier molecular flexibility index (Phi) is 3.21. The number of phenolic OH excluding ortho intramolecular Hbond substituents is 2. The van der Waals surface area contributed by atoms with Crippen molar-refractivity contribution in [2.45, 2.75) is 39.8 Å². The number of benzene rings is 1. The first-order valence-electron chi connectivity index (χ1n) is 6.67. The van der Waals surface area contributed by atoms with Crippen LogP contribution in [0.4, 0.5) is 0 Å². The van der Waals surface area contributed by atoms with E-state index in [1.54, 1.807) is 0 Å². The van der Waals surface area contributed by atoms with E-state index in [-0.39, 0.29) is 40.0 Å². The van der Waals surface area contributed by atoms with Crippen LogP contribution in [0.1, 0.15) is 38.1 Å². The lowest BCUT2D eigenvalue weighted by molar-refractivity contribution is -0.0663. The molecule has 0 atom stereocenters. The molecular weight excluding hydrogens is 256 g/mol. The first-order valence-corrected chi connectivity index (χ1v) is 6.67. The smallest absolute Gasteiger partial charge is 0.255 e. The van der Waals surface area contributed by atoms with Gasteiger partial charge >= 0.3 is 0 Å². The molecule has 1 aliphatic rings. The predicted molar refractivity (Wildman–Crippen MR) is 76.6 cm³/mol. The highest BCUT2D eigenvalue weighted by atomic mass is 16.3. The Bertz CT molecular complexity index is 536. The van der Waals surface area contributed by atoms with Gasteiger partial charge in [-0.1, -0.05) is 27.7 Å². The van der Waals surface area contributed by atoms with Crippen molar-refractivity contribution in [3.8, 4) is 11.5 Å². The van der Waals surface area contributed by atoms with Crippen molar-refractivity contribution < 1.29 is 15.0 Å². The molecule has 1 saturated carbocycles. The minimum absolute atomic E-state index is 0.0157. The molecule has 0 aliphatic heterocycles. The lowest BCUT2D eigenvalue weighted by atomic mass is 9.48. The summed E-state index contributed by atoms with van der Waals surface area (Å²) in [6.07, 6.45) is 0. The molecule has 5 heteroatoms. The molecule has 20 heavy (non-hydrogen) atoms. The van der Waals surface area contributed by atoms with E-state index < -0.39 is 5.91 Å². The van der Waals surface area contributed by atoms with Gasteiger partial charge in [-0.05, 0) is 18.2 Å². The summed E-state index contributed by atoms with van der Waals surface area (Å²) < 4.78 is 0. The van der Waals surface area contributed by atoms with Crippen LogP contribution in [0.3, 0.4) is 0 Å². The summed E-state index contributed by atoms with van der Waals surface area (Å²) >= 11 is 0. The molecule has 0 radical (unpaired) electrons. The number of nitrogens with one attached hydrogen (secondary N) is 1. The normalized spacial score (nSPS) is 26.6. The van der Waals surface area contributed by atoms with Crippen LogP contribution in [-0.4, -0.2) is 28.2 Å². The Morgan fingerprint density at radius 2 is 1.75 bits per heavy atom. The van der Waals surface area contributed by atoms with E-state index in [9.17, 15) is 15.0 Å². The first-order chi connectivity index (χ1) is 9.08. The molecule has 1 aliphatic carbocycles. The van der Waals surface area contributed by atoms with Gasteiger partial charge in [-0.2, -0.15) is 0 Å². The van der Waals surface area contributed by atoms with E-state index in [0.717, 1.165) is 0 Å². The van der Waals surface area contributed by atoms with Crippen molar-refractivity contribution >= 4 is 5.91 Å². The van der Waals surface area contributed by atoms with Gasteiger partial charge in [-0.3, -0.25) is 4.79 Å². The summed E-state index contributed by atoms with van der Waals surface area (Å²) in [4.78, 5) is 12.3. The van der Waals surface area contributed by atoms with Crippen molar-refractivity contribution in [1.29, 1.82) is 0 Å². The Labute approximate surface area is 118 Å².